The van der Waals surface area contributed by atoms with Crippen LogP contribution < -0.4 is 5.32 Å². The van der Waals surface area contributed by atoms with Crippen molar-refractivity contribution in [3.05, 3.63) is 70.7 Å². The molecule has 4 nitrogen and oxygen atoms in total. The zero-order valence-corrected chi connectivity index (χ0v) is 15.4. The van der Waals surface area contributed by atoms with Crippen molar-refractivity contribution in [3.63, 3.8) is 0 Å². The molecule has 136 valence electrons. The van der Waals surface area contributed by atoms with Crippen LogP contribution in [-0.4, -0.2) is 29.8 Å². The summed E-state index contributed by atoms with van der Waals surface area (Å²) in [6.45, 7) is 1.52. The first-order valence-electron chi connectivity index (χ1n) is 9.01. The summed E-state index contributed by atoms with van der Waals surface area (Å²) in [6.07, 6.45) is 2.88. The van der Waals surface area contributed by atoms with Crippen molar-refractivity contribution in [2.24, 2.45) is 0 Å². The second kappa shape index (κ2) is 8.86. The topological polar surface area (TPSA) is 49.4 Å². The number of carbonyl (C=O) groups excluding carboxylic acids is 2. The van der Waals surface area contributed by atoms with Crippen molar-refractivity contribution in [1.82, 2.24) is 10.2 Å². The average molecular weight is 371 g/mol. The molecule has 3 rings (SSSR count). The van der Waals surface area contributed by atoms with Gasteiger partial charge < -0.3 is 10.2 Å². The molecule has 0 radical (unpaired) electrons. The van der Waals surface area contributed by atoms with E-state index in [4.69, 9.17) is 11.6 Å². The number of nitrogens with one attached hydrogen (secondary N) is 1. The lowest BCUT2D eigenvalue weighted by molar-refractivity contribution is -0.135. The Bertz CT molecular complexity index is 758. The predicted octanol–water partition coefficient (Wildman–Crippen LogP) is 3.75. The average Bonchev–Trinajstić information content (AvgIpc) is 3.20. The van der Waals surface area contributed by atoms with Crippen LogP contribution >= 0.6 is 11.6 Å². The molecule has 1 unspecified atom stereocenters. The maximum atomic E-state index is 12.9. The molecule has 0 spiro atoms. The molecular weight excluding hydrogens is 348 g/mol. The van der Waals surface area contributed by atoms with Crippen molar-refractivity contribution in [2.45, 2.75) is 31.7 Å². The number of nitrogens with zero attached hydrogens (tertiary/aromatic N) is 1. The van der Waals surface area contributed by atoms with Crippen LogP contribution in [0.1, 0.15) is 36.4 Å². The van der Waals surface area contributed by atoms with Gasteiger partial charge in [0.25, 0.3) is 0 Å². The summed E-state index contributed by atoms with van der Waals surface area (Å²) in [6, 6.07) is 16.3. The molecule has 1 heterocycles. The summed E-state index contributed by atoms with van der Waals surface area (Å²) < 4.78 is 0. The van der Waals surface area contributed by atoms with Crippen LogP contribution in [0.25, 0.3) is 0 Å². The fourth-order valence-electron chi connectivity index (χ4n) is 3.24. The second-order valence-corrected chi connectivity index (χ2v) is 6.94. The monoisotopic (exact) mass is 370 g/mol. The highest BCUT2D eigenvalue weighted by molar-refractivity contribution is 6.31. The molecule has 1 atom stereocenters. The molecule has 2 amide bonds. The van der Waals surface area contributed by atoms with Crippen LogP contribution in [0.15, 0.2) is 54.6 Å². The zero-order chi connectivity index (χ0) is 18.4. The molecule has 0 saturated carbocycles. The number of aryl methyl sites for hydroxylation is 1. The highest BCUT2D eigenvalue weighted by Crippen LogP contribution is 2.20. The van der Waals surface area contributed by atoms with E-state index < -0.39 is 6.04 Å². The van der Waals surface area contributed by atoms with Crippen molar-refractivity contribution in [2.75, 3.05) is 13.1 Å². The third-order valence-electron chi connectivity index (χ3n) is 4.68. The smallest absolute Gasteiger partial charge is 0.249 e. The summed E-state index contributed by atoms with van der Waals surface area (Å²) in [5.74, 6) is -0.175. The largest absolute Gasteiger partial charge is 0.341 e. The Morgan fingerprint density at radius 1 is 1.00 bits per heavy atom. The first-order valence-corrected chi connectivity index (χ1v) is 9.39. The van der Waals surface area contributed by atoms with Gasteiger partial charge in [0.1, 0.15) is 6.04 Å². The number of likely N-dealkylation sites (tertiary alicyclic amines) is 1. The molecule has 2 aromatic rings. The second-order valence-electron chi connectivity index (χ2n) is 6.54. The summed E-state index contributed by atoms with van der Waals surface area (Å²) >= 11 is 6.15. The number of amides is 2. The van der Waals surface area contributed by atoms with E-state index in [9.17, 15) is 9.59 Å². The minimum absolute atomic E-state index is 0.0280. The van der Waals surface area contributed by atoms with Crippen LogP contribution in [0, 0.1) is 0 Å². The van der Waals surface area contributed by atoms with Gasteiger partial charge in [0.05, 0.1) is 0 Å². The molecule has 1 N–H and O–H groups in total. The molecule has 2 aromatic carbocycles. The minimum Gasteiger partial charge on any atom is -0.341 e. The van der Waals surface area contributed by atoms with Crippen LogP contribution in [0.2, 0.25) is 5.02 Å². The van der Waals surface area contributed by atoms with E-state index in [1.807, 2.05) is 59.5 Å². The molecule has 0 aromatic heterocycles. The van der Waals surface area contributed by atoms with Crippen LogP contribution in [0.4, 0.5) is 0 Å². The van der Waals surface area contributed by atoms with Gasteiger partial charge in [-0.25, -0.2) is 0 Å². The first-order chi connectivity index (χ1) is 12.6. The predicted molar refractivity (Wildman–Crippen MR) is 103 cm³/mol. The van der Waals surface area contributed by atoms with Crippen molar-refractivity contribution in [3.8, 4) is 0 Å². The normalized spacial score (nSPS) is 14.9. The summed E-state index contributed by atoms with van der Waals surface area (Å²) in [5, 5.41) is 3.59. The van der Waals surface area contributed by atoms with E-state index in [2.05, 4.69) is 5.32 Å². The first kappa shape index (κ1) is 18.5. The standard InChI is InChI=1S/C21H23ClN2O2/c22-18-11-5-4-8-16(18)12-13-19(25)23-20(17-9-2-1-3-10-17)21(26)24-14-6-7-15-24/h1-5,8-11,20H,6-7,12-15H2,(H,23,25). The van der Waals surface area contributed by atoms with E-state index in [0.29, 0.717) is 17.9 Å². The quantitative estimate of drug-likeness (QED) is 0.841. The summed E-state index contributed by atoms with van der Waals surface area (Å²) in [7, 11) is 0. The molecule has 26 heavy (non-hydrogen) atoms. The van der Waals surface area contributed by atoms with E-state index in [1.165, 1.54) is 0 Å². The lowest BCUT2D eigenvalue weighted by atomic mass is 10.0. The van der Waals surface area contributed by atoms with Crippen molar-refractivity contribution in [1.29, 1.82) is 0 Å². The number of hydrogen-bond donors (Lipinski definition) is 1. The Hall–Kier alpha value is -2.33. The SMILES string of the molecule is O=C(CCc1ccccc1Cl)NC(C(=O)N1CCCC1)c1ccccc1. The molecule has 5 heteroatoms. The fourth-order valence-corrected chi connectivity index (χ4v) is 3.47. The van der Waals surface area contributed by atoms with Gasteiger partial charge in [-0.1, -0.05) is 60.1 Å². The Morgan fingerprint density at radius 3 is 2.35 bits per heavy atom. The third-order valence-corrected chi connectivity index (χ3v) is 5.05. The number of benzene rings is 2. The molecule has 1 aliphatic rings. The number of carbonyl (C=O) groups is 2. The summed E-state index contributed by atoms with van der Waals surface area (Å²) in [4.78, 5) is 27.2. The minimum atomic E-state index is -0.631. The van der Waals surface area contributed by atoms with Gasteiger partial charge in [0.2, 0.25) is 11.8 Å². The lowest BCUT2D eigenvalue weighted by Gasteiger charge is -2.24. The van der Waals surface area contributed by atoms with Gasteiger partial charge >= 0.3 is 0 Å². The lowest BCUT2D eigenvalue weighted by Crippen LogP contribution is -2.41. The van der Waals surface area contributed by atoms with Gasteiger partial charge in [0.15, 0.2) is 0 Å². The van der Waals surface area contributed by atoms with E-state index in [-0.39, 0.29) is 11.8 Å². The Labute approximate surface area is 159 Å². The highest BCUT2D eigenvalue weighted by Gasteiger charge is 2.28. The van der Waals surface area contributed by atoms with Gasteiger partial charge in [-0.2, -0.15) is 0 Å². The third kappa shape index (κ3) is 4.64. The van der Waals surface area contributed by atoms with Crippen molar-refractivity contribution >= 4 is 23.4 Å². The number of rotatable bonds is 6. The van der Waals surface area contributed by atoms with Crippen molar-refractivity contribution < 1.29 is 9.59 Å². The van der Waals surface area contributed by atoms with Crippen LogP contribution in [0.5, 0.6) is 0 Å². The number of halogens is 1. The molecule has 1 aliphatic heterocycles. The molecule has 0 bridgehead atoms. The van der Waals surface area contributed by atoms with Gasteiger partial charge in [-0.3, -0.25) is 9.59 Å². The van der Waals surface area contributed by atoms with E-state index in [0.717, 1.165) is 37.1 Å². The van der Waals surface area contributed by atoms with Crippen LogP contribution in [0.3, 0.4) is 0 Å². The van der Waals surface area contributed by atoms with E-state index in [1.54, 1.807) is 0 Å². The maximum Gasteiger partial charge on any atom is 0.249 e. The van der Waals surface area contributed by atoms with E-state index >= 15 is 0 Å². The molecule has 1 saturated heterocycles. The Balaban J connectivity index is 1.68. The Kier molecular flexibility index (Phi) is 6.29. The van der Waals surface area contributed by atoms with Gasteiger partial charge in [0, 0.05) is 24.5 Å². The van der Waals surface area contributed by atoms with Gasteiger partial charge in [-0.15, -0.1) is 0 Å². The number of hydrogen-bond acceptors (Lipinski definition) is 2. The fraction of sp³-hybridized carbons (Fsp3) is 0.333. The molecule has 1 fully saturated rings. The maximum absolute atomic E-state index is 12.9. The molecule has 0 aliphatic carbocycles. The van der Waals surface area contributed by atoms with Crippen LogP contribution in [-0.2, 0) is 16.0 Å². The molecular formula is C21H23ClN2O2. The summed E-state index contributed by atoms with van der Waals surface area (Å²) in [5.41, 5.74) is 1.75. The highest BCUT2D eigenvalue weighted by atomic mass is 35.5. The zero-order valence-electron chi connectivity index (χ0n) is 14.7. The Morgan fingerprint density at radius 2 is 1.65 bits per heavy atom. The van der Waals surface area contributed by atoms with Gasteiger partial charge in [-0.05, 0) is 36.5 Å².